The molecule has 8 heteroatoms. The lowest BCUT2D eigenvalue weighted by atomic mass is 10.2. The zero-order chi connectivity index (χ0) is 19.1. The summed E-state index contributed by atoms with van der Waals surface area (Å²) in [4.78, 5) is 20.6. The topological polar surface area (TPSA) is 74.0 Å². The maximum absolute atomic E-state index is 13.0. The first-order chi connectivity index (χ1) is 13.1. The summed E-state index contributed by atoms with van der Waals surface area (Å²) in [5.74, 6) is 0.134. The molecule has 28 heavy (non-hydrogen) atoms. The fourth-order valence-electron chi connectivity index (χ4n) is 3.00. The van der Waals surface area contributed by atoms with E-state index in [4.69, 9.17) is 5.73 Å². The molecule has 0 unspecified atom stereocenters. The maximum atomic E-state index is 13.0. The SMILES string of the molecule is I.NC(=NCCC(=O)N1CCN(c2ccc(F)cc2)CC1)Nc1ccccc1. The van der Waals surface area contributed by atoms with Gasteiger partial charge in [-0.25, -0.2) is 4.39 Å². The molecule has 0 aliphatic carbocycles. The van der Waals surface area contributed by atoms with E-state index in [9.17, 15) is 9.18 Å². The number of nitrogens with zero attached hydrogens (tertiary/aromatic N) is 3. The maximum Gasteiger partial charge on any atom is 0.224 e. The summed E-state index contributed by atoms with van der Waals surface area (Å²) >= 11 is 0. The summed E-state index contributed by atoms with van der Waals surface area (Å²) in [6.07, 6.45) is 0.327. The largest absolute Gasteiger partial charge is 0.370 e. The van der Waals surface area contributed by atoms with E-state index in [1.807, 2.05) is 35.2 Å². The lowest BCUT2D eigenvalue weighted by molar-refractivity contribution is -0.131. The Morgan fingerprint density at radius 3 is 2.32 bits per heavy atom. The molecule has 0 atom stereocenters. The number of aliphatic imine (C=N–C) groups is 1. The lowest BCUT2D eigenvalue weighted by Gasteiger charge is -2.36. The van der Waals surface area contributed by atoms with Crippen molar-refractivity contribution in [3.05, 3.63) is 60.4 Å². The number of halogens is 2. The smallest absolute Gasteiger partial charge is 0.224 e. The van der Waals surface area contributed by atoms with E-state index in [1.165, 1.54) is 12.1 Å². The number of nitrogens with one attached hydrogen (secondary N) is 1. The Morgan fingerprint density at radius 1 is 1.04 bits per heavy atom. The highest BCUT2D eigenvalue weighted by molar-refractivity contribution is 14.0. The summed E-state index contributed by atoms with van der Waals surface area (Å²) < 4.78 is 13.0. The van der Waals surface area contributed by atoms with Crippen LogP contribution in [0.1, 0.15) is 6.42 Å². The summed E-state index contributed by atoms with van der Waals surface area (Å²) in [7, 11) is 0. The number of piperazine rings is 1. The Morgan fingerprint density at radius 2 is 1.68 bits per heavy atom. The molecule has 150 valence electrons. The zero-order valence-electron chi connectivity index (χ0n) is 15.6. The number of hydrogen-bond acceptors (Lipinski definition) is 3. The number of benzene rings is 2. The summed E-state index contributed by atoms with van der Waals surface area (Å²) in [5, 5.41) is 2.99. The molecule has 1 aliphatic heterocycles. The molecule has 6 nitrogen and oxygen atoms in total. The molecule has 0 aromatic heterocycles. The van der Waals surface area contributed by atoms with Gasteiger partial charge in [0.25, 0.3) is 0 Å². The number of hydrogen-bond donors (Lipinski definition) is 2. The van der Waals surface area contributed by atoms with Gasteiger partial charge in [0.1, 0.15) is 5.82 Å². The minimum atomic E-state index is -0.242. The number of anilines is 2. The Hall–Kier alpha value is -2.36. The zero-order valence-corrected chi connectivity index (χ0v) is 17.9. The molecule has 1 amide bonds. The fourth-order valence-corrected chi connectivity index (χ4v) is 3.00. The van der Waals surface area contributed by atoms with Crippen molar-refractivity contribution < 1.29 is 9.18 Å². The number of guanidine groups is 1. The second-order valence-corrected chi connectivity index (χ2v) is 6.35. The van der Waals surface area contributed by atoms with Gasteiger partial charge in [-0.3, -0.25) is 9.79 Å². The van der Waals surface area contributed by atoms with Crippen LogP contribution in [0.3, 0.4) is 0 Å². The molecular formula is C20H25FIN5O. The quantitative estimate of drug-likeness (QED) is 0.379. The minimum Gasteiger partial charge on any atom is -0.370 e. The standard InChI is InChI=1S/C20H24FN5O.HI/c21-16-6-8-18(9-7-16)25-12-14-26(15-13-25)19(27)10-11-23-20(22)24-17-4-2-1-3-5-17;/h1-9H,10-15H2,(H3,22,23,24);1H. The van der Waals surface area contributed by atoms with Crippen LogP contribution < -0.4 is 16.0 Å². The van der Waals surface area contributed by atoms with Crippen molar-refractivity contribution in [3.8, 4) is 0 Å². The van der Waals surface area contributed by atoms with E-state index in [-0.39, 0.29) is 35.7 Å². The third-order valence-corrected chi connectivity index (χ3v) is 4.48. The van der Waals surface area contributed by atoms with Crippen LogP contribution in [0.5, 0.6) is 0 Å². The number of carbonyl (C=O) groups excluding carboxylic acids is 1. The molecule has 2 aromatic rings. The van der Waals surface area contributed by atoms with Crippen molar-refractivity contribution in [2.45, 2.75) is 6.42 Å². The van der Waals surface area contributed by atoms with E-state index < -0.39 is 0 Å². The van der Waals surface area contributed by atoms with Gasteiger partial charge in [0.15, 0.2) is 5.96 Å². The Kier molecular flexibility index (Phi) is 8.49. The first-order valence-electron chi connectivity index (χ1n) is 9.02. The molecule has 2 aromatic carbocycles. The minimum absolute atomic E-state index is 0. The molecule has 0 spiro atoms. The lowest BCUT2D eigenvalue weighted by Crippen LogP contribution is -2.48. The molecular weight excluding hydrogens is 472 g/mol. The van der Waals surface area contributed by atoms with Gasteiger partial charge in [-0.2, -0.15) is 0 Å². The number of para-hydroxylation sites is 1. The molecule has 0 saturated carbocycles. The Bertz CT molecular complexity index is 777. The van der Waals surface area contributed by atoms with E-state index in [1.54, 1.807) is 12.1 Å². The van der Waals surface area contributed by atoms with Gasteiger partial charge >= 0.3 is 0 Å². The molecule has 3 N–H and O–H groups in total. The predicted octanol–water partition coefficient (Wildman–Crippen LogP) is 2.91. The van der Waals surface area contributed by atoms with Crippen LogP contribution in [-0.2, 0) is 4.79 Å². The number of nitrogens with two attached hydrogens (primary N) is 1. The van der Waals surface area contributed by atoms with Crippen molar-refractivity contribution in [1.29, 1.82) is 0 Å². The van der Waals surface area contributed by atoms with E-state index >= 15 is 0 Å². The van der Waals surface area contributed by atoms with Gasteiger partial charge in [0, 0.05) is 44.0 Å². The van der Waals surface area contributed by atoms with Crippen molar-refractivity contribution >= 4 is 47.2 Å². The van der Waals surface area contributed by atoms with Crippen LogP contribution in [0.15, 0.2) is 59.6 Å². The third-order valence-electron chi connectivity index (χ3n) is 4.48. The van der Waals surface area contributed by atoms with Crippen LogP contribution in [0.2, 0.25) is 0 Å². The Labute approximate surface area is 181 Å². The fraction of sp³-hybridized carbons (Fsp3) is 0.300. The van der Waals surface area contributed by atoms with Crippen molar-refractivity contribution in [2.75, 3.05) is 42.9 Å². The van der Waals surface area contributed by atoms with E-state index in [0.29, 0.717) is 32.0 Å². The van der Waals surface area contributed by atoms with Crippen LogP contribution in [0, 0.1) is 5.82 Å². The van der Waals surface area contributed by atoms with Crippen molar-refractivity contribution in [1.82, 2.24) is 4.90 Å². The molecule has 3 rings (SSSR count). The van der Waals surface area contributed by atoms with E-state index in [2.05, 4.69) is 15.2 Å². The van der Waals surface area contributed by atoms with Crippen LogP contribution >= 0.6 is 24.0 Å². The molecule has 1 fully saturated rings. The van der Waals surface area contributed by atoms with Crippen molar-refractivity contribution in [3.63, 3.8) is 0 Å². The average Bonchev–Trinajstić information content (AvgIpc) is 2.69. The first kappa shape index (κ1) is 21.9. The first-order valence-corrected chi connectivity index (χ1v) is 9.02. The number of amides is 1. The molecule has 1 aliphatic rings. The van der Waals surface area contributed by atoms with Gasteiger partial charge in [-0.1, -0.05) is 18.2 Å². The summed E-state index contributed by atoms with van der Waals surface area (Å²) in [6.45, 7) is 3.12. The summed E-state index contributed by atoms with van der Waals surface area (Å²) in [6, 6.07) is 16.0. The molecule has 0 radical (unpaired) electrons. The van der Waals surface area contributed by atoms with Gasteiger partial charge < -0.3 is 20.9 Å². The third kappa shape index (κ3) is 6.36. The second-order valence-electron chi connectivity index (χ2n) is 6.35. The van der Waals surface area contributed by atoms with Gasteiger partial charge in [0.2, 0.25) is 5.91 Å². The predicted molar refractivity (Wildman–Crippen MR) is 122 cm³/mol. The highest BCUT2D eigenvalue weighted by Crippen LogP contribution is 2.17. The molecule has 1 heterocycles. The summed E-state index contributed by atoms with van der Waals surface area (Å²) in [5.41, 5.74) is 7.69. The van der Waals surface area contributed by atoms with E-state index in [0.717, 1.165) is 24.5 Å². The van der Waals surface area contributed by atoms with Crippen LogP contribution in [0.25, 0.3) is 0 Å². The van der Waals surface area contributed by atoms with Crippen molar-refractivity contribution in [2.24, 2.45) is 10.7 Å². The molecule has 0 bridgehead atoms. The molecule has 1 saturated heterocycles. The second kappa shape index (κ2) is 10.8. The van der Waals surface area contributed by atoms with Gasteiger partial charge in [0.05, 0.1) is 6.54 Å². The highest BCUT2D eigenvalue weighted by atomic mass is 127. The van der Waals surface area contributed by atoms with Gasteiger partial charge in [-0.05, 0) is 36.4 Å². The van der Waals surface area contributed by atoms with Gasteiger partial charge in [-0.15, -0.1) is 24.0 Å². The normalized spacial score (nSPS) is 14.4. The van der Waals surface area contributed by atoms with Crippen LogP contribution in [0.4, 0.5) is 15.8 Å². The number of rotatable bonds is 5. The number of carbonyl (C=O) groups is 1. The average molecular weight is 497 g/mol. The van der Waals surface area contributed by atoms with Crippen LogP contribution in [-0.4, -0.2) is 49.5 Å². The Balaban J connectivity index is 0.00000280. The highest BCUT2D eigenvalue weighted by Gasteiger charge is 2.20. The monoisotopic (exact) mass is 497 g/mol.